The summed E-state index contributed by atoms with van der Waals surface area (Å²) in [4.78, 5) is 0. The molecule has 5 heteroatoms. The second-order valence-corrected chi connectivity index (χ2v) is 5.93. The van der Waals surface area contributed by atoms with Crippen LogP contribution in [0.1, 0.15) is 36.6 Å². The maximum Gasteiger partial charge on any atom is 0.161 e. The maximum absolute atomic E-state index is 10.4. The van der Waals surface area contributed by atoms with Crippen molar-refractivity contribution in [3.05, 3.63) is 47.0 Å². The summed E-state index contributed by atoms with van der Waals surface area (Å²) in [5.41, 5.74) is 3.10. The Morgan fingerprint density at radius 3 is 2.44 bits per heavy atom. The zero-order valence-electron chi connectivity index (χ0n) is 15.0. The van der Waals surface area contributed by atoms with Crippen molar-refractivity contribution in [3.63, 3.8) is 0 Å². The van der Waals surface area contributed by atoms with Crippen molar-refractivity contribution in [2.75, 3.05) is 26.9 Å². The van der Waals surface area contributed by atoms with Crippen LogP contribution in [0.5, 0.6) is 23.0 Å². The number of methoxy groups -OCH3 is 1. The first-order valence-corrected chi connectivity index (χ1v) is 8.70. The molecule has 0 aliphatic carbocycles. The SMILES string of the molecule is CCOc1cc2c(cc1OCC)[C@H](c1cc(OC)ccc1O)NCC2. The van der Waals surface area contributed by atoms with Gasteiger partial charge in [0.15, 0.2) is 11.5 Å². The van der Waals surface area contributed by atoms with Crippen molar-refractivity contribution in [3.8, 4) is 23.0 Å². The van der Waals surface area contributed by atoms with Crippen molar-refractivity contribution < 1.29 is 19.3 Å². The predicted molar refractivity (Wildman–Crippen MR) is 97.0 cm³/mol. The fourth-order valence-electron chi connectivity index (χ4n) is 3.27. The standard InChI is InChI=1S/C20H25NO4/c1-4-24-18-10-13-8-9-21-20(15(13)12-19(18)25-5-2)16-11-14(23-3)6-7-17(16)22/h6-7,10-12,20-22H,4-5,8-9H2,1-3H3/t20-/m1/s1. The van der Waals surface area contributed by atoms with Gasteiger partial charge >= 0.3 is 0 Å². The Bertz CT molecular complexity index is 745. The first kappa shape index (κ1) is 17.4. The molecule has 1 aliphatic rings. The van der Waals surface area contributed by atoms with Crippen molar-refractivity contribution in [2.45, 2.75) is 26.3 Å². The van der Waals surface area contributed by atoms with Gasteiger partial charge in [-0.3, -0.25) is 0 Å². The molecule has 0 saturated carbocycles. The summed E-state index contributed by atoms with van der Waals surface area (Å²) in [6.07, 6.45) is 0.906. The molecule has 2 aromatic carbocycles. The van der Waals surface area contributed by atoms with Crippen molar-refractivity contribution in [1.29, 1.82) is 0 Å². The van der Waals surface area contributed by atoms with E-state index in [1.807, 2.05) is 26.0 Å². The van der Waals surface area contributed by atoms with E-state index in [0.29, 0.717) is 13.2 Å². The largest absolute Gasteiger partial charge is 0.508 e. The Morgan fingerprint density at radius 2 is 1.76 bits per heavy atom. The Morgan fingerprint density at radius 1 is 1.04 bits per heavy atom. The third kappa shape index (κ3) is 3.51. The average molecular weight is 343 g/mol. The molecular weight excluding hydrogens is 318 g/mol. The number of hydrogen-bond donors (Lipinski definition) is 2. The van der Waals surface area contributed by atoms with Crippen LogP contribution < -0.4 is 19.5 Å². The molecule has 1 atom stereocenters. The molecule has 0 aromatic heterocycles. The van der Waals surface area contributed by atoms with Gasteiger partial charge in [-0.05, 0) is 61.7 Å². The van der Waals surface area contributed by atoms with Crippen LogP contribution in [0.2, 0.25) is 0 Å². The molecular formula is C20H25NO4. The maximum atomic E-state index is 10.4. The Balaban J connectivity index is 2.08. The van der Waals surface area contributed by atoms with Gasteiger partial charge in [0.2, 0.25) is 0 Å². The highest BCUT2D eigenvalue weighted by atomic mass is 16.5. The molecule has 0 amide bonds. The van der Waals surface area contributed by atoms with Crippen LogP contribution in [-0.2, 0) is 6.42 Å². The number of benzene rings is 2. The Kier molecular flexibility index (Phi) is 5.34. The van der Waals surface area contributed by atoms with Gasteiger partial charge in [-0.2, -0.15) is 0 Å². The van der Waals surface area contributed by atoms with Crippen LogP contribution >= 0.6 is 0 Å². The van der Waals surface area contributed by atoms with Gasteiger partial charge in [0.05, 0.1) is 26.4 Å². The fourth-order valence-corrected chi connectivity index (χ4v) is 3.27. The molecule has 2 N–H and O–H groups in total. The molecule has 134 valence electrons. The lowest BCUT2D eigenvalue weighted by molar-refractivity contribution is 0.286. The Hall–Kier alpha value is -2.40. The van der Waals surface area contributed by atoms with E-state index in [1.54, 1.807) is 19.2 Å². The number of phenolic OH excluding ortho intramolecular Hbond substituents is 1. The van der Waals surface area contributed by atoms with Crippen molar-refractivity contribution in [1.82, 2.24) is 5.32 Å². The minimum Gasteiger partial charge on any atom is -0.508 e. The number of ether oxygens (including phenoxy) is 3. The summed E-state index contributed by atoms with van der Waals surface area (Å²) in [6, 6.07) is 9.27. The van der Waals surface area contributed by atoms with Crippen LogP contribution in [0.25, 0.3) is 0 Å². The van der Waals surface area contributed by atoms with E-state index in [2.05, 4.69) is 11.4 Å². The van der Waals surface area contributed by atoms with Gasteiger partial charge in [0, 0.05) is 12.1 Å². The predicted octanol–water partition coefficient (Wildman–Crippen LogP) is 3.43. The first-order chi connectivity index (χ1) is 12.2. The highest BCUT2D eigenvalue weighted by molar-refractivity contribution is 5.54. The summed E-state index contributed by atoms with van der Waals surface area (Å²) < 4.78 is 16.8. The van der Waals surface area contributed by atoms with Gasteiger partial charge < -0.3 is 24.6 Å². The molecule has 1 aliphatic heterocycles. The van der Waals surface area contributed by atoms with Gasteiger partial charge in [-0.25, -0.2) is 0 Å². The van der Waals surface area contributed by atoms with E-state index < -0.39 is 0 Å². The topological polar surface area (TPSA) is 60.0 Å². The number of hydrogen-bond acceptors (Lipinski definition) is 5. The molecule has 3 rings (SSSR count). The second kappa shape index (κ2) is 7.66. The normalized spacial score (nSPS) is 16.2. The van der Waals surface area contributed by atoms with Gasteiger partial charge in [0.1, 0.15) is 11.5 Å². The summed E-state index contributed by atoms with van der Waals surface area (Å²) in [7, 11) is 1.62. The lowest BCUT2D eigenvalue weighted by Crippen LogP contribution is -2.30. The molecule has 2 aromatic rings. The van der Waals surface area contributed by atoms with Crippen LogP contribution in [0.4, 0.5) is 0 Å². The lowest BCUT2D eigenvalue weighted by Gasteiger charge is -2.29. The second-order valence-electron chi connectivity index (χ2n) is 5.93. The molecule has 5 nitrogen and oxygen atoms in total. The molecule has 0 spiro atoms. The summed E-state index contributed by atoms with van der Waals surface area (Å²) in [6.45, 7) is 5.92. The molecule has 0 radical (unpaired) electrons. The number of aromatic hydroxyl groups is 1. The minimum absolute atomic E-state index is 0.117. The fraction of sp³-hybridized carbons (Fsp3) is 0.400. The van der Waals surface area contributed by atoms with E-state index in [9.17, 15) is 5.11 Å². The lowest BCUT2D eigenvalue weighted by atomic mass is 9.89. The van der Waals surface area contributed by atoms with Crippen LogP contribution in [0.15, 0.2) is 30.3 Å². The molecule has 1 heterocycles. The van der Waals surface area contributed by atoms with Crippen LogP contribution in [0.3, 0.4) is 0 Å². The first-order valence-electron chi connectivity index (χ1n) is 8.70. The monoisotopic (exact) mass is 343 g/mol. The molecule has 0 fully saturated rings. The van der Waals surface area contributed by atoms with E-state index in [4.69, 9.17) is 14.2 Å². The molecule has 0 unspecified atom stereocenters. The number of fused-ring (bicyclic) bond motifs is 1. The molecule has 25 heavy (non-hydrogen) atoms. The quantitative estimate of drug-likeness (QED) is 0.841. The highest BCUT2D eigenvalue weighted by Gasteiger charge is 2.26. The van der Waals surface area contributed by atoms with E-state index in [-0.39, 0.29) is 11.8 Å². The zero-order valence-corrected chi connectivity index (χ0v) is 15.0. The smallest absolute Gasteiger partial charge is 0.161 e. The summed E-state index contributed by atoms with van der Waals surface area (Å²) in [5.74, 6) is 2.48. The van der Waals surface area contributed by atoms with Crippen LogP contribution in [0, 0.1) is 0 Å². The third-order valence-corrected chi connectivity index (χ3v) is 4.40. The van der Waals surface area contributed by atoms with Gasteiger partial charge in [0.25, 0.3) is 0 Å². The van der Waals surface area contributed by atoms with Gasteiger partial charge in [-0.1, -0.05) is 0 Å². The van der Waals surface area contributed by atoms with Crippen LogP contribution in [-0.4, -0.2) is 32.0 Å². The number of nitrogens with one attached hydrogen (secondary N) is 1. The highest BCUT2D eigenvalue weighted by Crippen LogP contribution is 2.40. The number of rotatable bonds is 6. The zero-order chi connectivity index (χ0) is 17.8. The molecule has 0 bridgehead atoms. The third-order valence-electron chi connectivity index (χ3n) is 4.40. The Labute approximate surface area is 148 Å². The van der Waals surface area contributed by atoms with E-state index >= 15 is 0 Å². The van der Waals surface area contributed by atoms with Crippen molar-refractivity contribution >= 4 is 0 Å². The van der Waals surface area contributed by atoms with E-state index in [1.165, 1.54) is 5.56 Å². The summed E-state index contributed by atoms with van der Waals surface area (Å²) >= 11 is 0. The van der Waals surface area contributed by atoms with Crippen molar-refractivity contribution in [2.24, 2.45) is 0 Å². The average Bonchev–Trinajstić information content (AvgIpc) is 2.63. The minimum atomic E-state index is -0.117. The molecule has 0 saturated heterocycles. The summed E-state index contributed by atoms with van der Waals surface area (Å²) in [5, 5.41) is 13.9. The number of phenols is 1. The van der Waals surface area contributed by atoms with Gasteiger partial charge in [-0.15, -0.1) is 0 Å². The van der Waals surface area contributed by atoms with E-state index in [0.717, 1.165) is 41.3 Å².